The lowest BCUT2D eigenvalue weighted by Gasteiger charge is -2.09. The number of hydrogen-bond acceptors (Lipinski definition) is 5. The van der Waals surface area contributed by atoms with Crippen LogP contribution in [0.2, 0.25) is 0 Å². The van der Waals surface area contributed by atoms with Gasteiger partial charge in [0.2, 0.25) is 0 Å². The highest BCUT2D eigenvalue weighted by atomic mass is 79.9. The molecular weight excluding hydrogens is 328 g/mol. The van der Waals surface area contributed by atoms with Crippen LogP contribution in [-0.2, 0) is 13.1 Å². The molecule has 19 heavy (non-hydrogen) atoms. The molecule has 0 saturated heterocycles. The van der Waals surface area contributed by atoms with E-state index in [1.54, 1.807) is 18.4 Å². The average molecular weight is 343 g/mol. The van der Waals surface area contributed by atoms with E-state index in [1.807, 2.05) is 24.6 Å². The summed E-state index contributed by atoms with van der Waals surface area (Å²) in [4.78, 5) is 5.45. The maximum absolute atomic E-state index is 9.74. The van der Waals surface area contributed by atoms with Crippen molar-refractivity contribution in [3.05, 3.63) is 38.3 Å². The minimum atomic E-state index is 0.129. The Morgan fingerprint density at radius 1 is 1.42 bits per heavy atom. The first-order chi connectivity index (χ1) is 9.11. The lowest BCUT2D eigenvalue weighted by atomic mass is 10.2. The second kappa shape index (κ2) is 6.36. The standard InChI is InChI=1S/C13H15BrN2O2S/c1-8-12(19-7-16-8)6-15-5-9-3-10(14)13(17)11(4-9)18-2/h3-4,7,15,17H,5-6H2,1-2H3. The van der Waals surface area contributed by atoms with E-state index in [9.17, 15) is 5.11 Å². The summed E-state index contributed by atoms with van der Waals surface area (Å²) < 4.78 is 5.76. The Morgan fingerprint density at radius 3 is 2.84 bits per heavy atom. The topological polar surface area (TPSA) is 54.4 Å². The molecule has 4 nitrogen and oxygen atoms in total. The quantitative estimate of drug-likeness (QED) is 0.875. The number of nitrogens with zero attached hydrogens (tertiary/aromatic N) is 1. The number of aromatic nitrogens is 1. The van der Waals surface area contributed by atoms with Gasteiger partial charge in [-0.15, -0.1) is 11.3 Å². The number of aryl methyl sites for hydroxylation is 1. The van der Waals surface area contributed by atoms with Crippen LogP contribution in [0.3, 0.4) is 0 Å². The molecule has 2 rings (SSSR count). The first kappa shape index (κ1) is 14.3. The minimum absolute atomic E-state index is 0.129. The van der Waals surface area contributed by atoms with E-state index in [4.69, 9.17) is 4.74 Å². The van der Waals surface area contributed by atoms with Crippen LogP contribution in [0.25, 0.3) is 0 Å². The molecule has 2 aromatic rings. The van der Waals surface area contributed by atoms with Crippen molar-refractivity contribution in [1.29, 1.82) is 0 Å². The minimum Gasteiger partial charge on any atom is -0.503 e. The van der Waals surface area contributed by atoms with Crippen LogP contribution in [0.4, 0.5) is 0 Å². The fourth-order valence-corrected chi connectivity index (χ4v) is 2.94. The molecule has 6 heteroatoms. The summed E-state index contributed by atoms with van der Waals surface area (Å²) in [7, 11) is 1.54. The zero-order valence-corrected chi connectivity index (χ0v) is 13.1. The second-order valence-corrected chi connectivity index (χ2v) is 5.89. The van der Waals surface area contributed by atoms with Gasteiger partial charge >= 0.3 is 0 Å². The number of hydrogen-bond donors (Lipinski definition) is 2. The van der Waals surface area contributed by atoms with Crippen molar-refractivity contribution in [2.45, 2.75) is 20.0 Å². The predicted molar refractivity (Wildman–Crippen MR) is 79.8 cm³/mol. The molecule has 0 unspecified atom stereocenters. The van der Waals surface area contributed by atoms with Crippen LogP contribution in [0.5, 0.6) is 11.5 Å². The summed E-state index contributed by atoms with van der Waals surface area (Å²) in [6.07, 6.45) is 0. The SMILES string of the molecule is COc1cc(CNCc2scnc2C)cc(Br)c1O. The van der Waals surface area contributed by atoms with Crippen LogP contribution in [0.1, 0.15) is 16.1 Å². The molecule has 0 atom stereocenters. The number of rotatable bonds is 5. The molecule has 102 valence electrons. The molecule has 0 aliphatic rings. The summed E-state index contributed by atoms with van der Waals surface area (Å²) in [5.41, 5.74) is 3.97. The summed E-state index contributed by atoms with van der Waals surface area (Å²) >= 11 is 4.96. The first-order valence-corrected chi connectivity index (χ1v) is 7.44. The zero-order valence-electron chi connectivity index (χ0n) is 10.7. The van der Waals surface area contributed by atoms with Crippen LogP contribution in [0, 0.1) is 6.92 Å². The van der Waals surface area contributed by atoms with Gasteiger partial charge in [0.25, 0.3) is 0 Å². The molecule has 1 aromatic heterocycles. The molecular formula is C13H15BrN2O2S. The van der Waals surface area contributed by atoms with Gasteiger partial charge in [0.1, 0.15) is 0 Å². The smallest absolute Gasteiger partial charge is 0.172 e. The molecule has 0 radical (unpaired) electrons. The van der Waals surface area contributed by atoms with E-state index < -0.39 is 0 Å². The number of nitrogens with one attached hydrogen (secondary N) is 1. The Kier molecular flexibility index (Phi) is 4.79. The van der Waals surface area contributed by atoms with Gasteiger partial charge in [-0.2, -0.15) is 0 Å². The highest BCUT2D eigenvalue weighted by Crippen LogP contribution is 2.35. The lowest BCUT2D eigenvalue weighted by molar-refractivity contribution is 0.371. The molecule has 1 aromatic carbocycles. The second-order valence-electron chi connectivity index (χ2n) is 4.09. The number of benzene rings is 1. The summed E-state index contributed by atoms with van der Waals surface area (Å²) in [6, 6.07) is 3.71. The van der Waals surface area contributed by atoms with Gasteiger partial charge < -0.3 is 15.2 Å². The molecule has 0 spiro atoms. The van der Waals surface area contributed by atoms with Crippen molar-refractivity contribution in [2.24, 2.45) is 0 Å². The van der Waals surface area contributed by atoms with Crippen molar-refractivity contribution < 1.29 is 9.84 Å². The highest BCUT2D eigenvalue weighted by molar-refractivity contribution is 9.10. The molecule has 0 amide bonds. The van der Waals surface area contributed by atoms with Gasteiger partial charge in [-0.25, -0.2) is 4.98 Å². The van der Waals surface area contributed by atoms with Gasteiger partial charge in [0, 0.05) is 18.0 Å². The normalized spacial score (nSPS) is 10.7. The van der Waals surface area contributed by atoms with Gasteiger partial charge in [0.05, 0.1) is 22.8 Å². The third-order valence-electron chi connectivity index (χ3n) is 2.77. The molecule has 0 bridgehead atoms. The number of thiazole rings is 1. The number of aromatic hydroxyl groups is 1. The number of methoxy groups -OCH3 is 1. The van der Waals surface area contributed by atoms with E-state index in [2.05, 4.69) is 26.2 Å². The molecule has 0 aliphatic carbocycles. The number of halogens is 1. The van der Waals surface area contributed by atoms with Crippen LogP contribution >= 0.6 is 27.3 Å². The van der Waals surface area contributed by atoms with E-state index in [0.29, 0.717) is 16.8 Å². The number of phenols is 1. The van der Waals surface area contributed by atoms with Gasteiger partial charge in [0.15, 0.2) is 11.5 Å². The third-order valence-corrected chi connectivity index (χ3v) is 4.31. The van der Waals surface area contributed by atoms with E-state index in [1.165, 1.54) is 4.88 Å². The third kappa shape index (κ3) is 3.46. The maximum Gasteiger partial charge on any atom is 0.172 e. The Hall–Kier alpha value is -1.11. The van der Waals surface area contributed by atoms with E-state index in [0.717, 1.165) is 17.8 Å². The fourth-order valence-electron chi connectivity index (χ4n) is 1.70. The lowest BCUT2D eigenvalue weighted by Crippen LogP contribution is -2.12. The molecule has 0 aliphatic heterocycles. The van der Waals surface area contributed by atoms with Gasteiger partial charge in [-0.05, 0) is 40.5 Å². The maximum atomic E-state index is 9.74. The Morgan fingerprint density at radius 2 is 2.21 bits per heavy atom. The molecule has 2 N–H and O–H groups in total. The molecule has 1 heterocycles. The van der Waals surface area contributed by atoms with Crippen molar-refractivity contribution in [2.75, 3.05) is 7.11 Å². The number of phenolic OH excluding ortho intramolecular Hbond substituents is 1. The summed E-state index contributed by atoms with van der Waals surface area (Å²) in [5, 5.41) is 13.1. The Bertz CT molecular complexity index is 572. The van der Waals surface area contributed by atoms with Crippen molar-refractivity contribution in [3.8, 4) is 11.5 Å². The Balaban J connectivity index is 2.00. The molecule has 0 fully saturated rings. The average Bonchev–Trinajstić information content (AvgIpc) is 2.79. The van der Waals surface area contributed by atoms with Crippen molar-refractivity contribution >= 4 is 27.3 Å². The van der Waals surface area contributed by atoms with Crippen molar-refractivity contribution in [3.63, 3.8) is 0 Å². The summed E-state index contributed by atoms with van der Waals surface area (Å²) in [5.74, 6) is 0.602. The van der Waals surface area contributed by atoms with E-state index in [-0.39, 0.29) is 5.75 Å². The fraction of sp³-hybridized carbons (Fsp3) is 0.308. The zero-order chi connectivity index (χ0) is 13.8. The Labute approximate surface area is 124 Å². The predicted octanol–water partition coefficient (Wildman–Crippen LogP) is 3.22. The number of ether oxygens (including phenoxy) is 1. The van der Waals surface area contributed by atoms with Crippen LogP contribution in [-0.4, -0.2) is 17.2 Å². The monoisotopic (exact) mass is 342 g/mol. The molecule has 0 saturated carbocycles. The first-order valence-electron chi connectivity index (χ1n) is 5.77. The summed E-state index contributed by atoms with van der Waals surface area (Å²) in [6.45, 7) is 3.50. The van der Waals surface area contributed by atoms with Gasteiger partial charge in [-0.3, -0.25) is 0 Å². The van der Waals surface area contributed by atoms with Crippen LogP contribution in [0.15, 0.2) is 22.1 Å². The largest absolute Gasteiger partial charge is 0.503 e. The highest BCUT2D eigenvalue weighted by Gasteiger charge is 2.08. The van der Waals surface area contributed by atoms with Gasteiger partial charge in [-0.1, -0.05) is 0 Å². The van der Waals surface area contributed by atoms with Crippen molar-refractivity contribution in [1.82, 2.24) is 10.3 Å². The van der Waals surface area contributed by atoms with E-state index >= 15 is 0 Å². The van der Waals surface area contributed by atoms with Crippen LogP contribution < -0.4 is 10.1 Å².